The standard InChI is InChI=1S/C13H12ClFN4O3/c1-22-12(20)5-16-13(21)11-7-19(18-17-11)6-8-2-3-9(15)4-10(8)14/h2-4,7H,5-6H2,1H3,(H,16,21). The number of ether oxygens (including phenoxy) is 1. The van der Waals surface area contributed by atoms with Gasteiger partial charge in [-0.2, -0.15) is 0 Å². The van der Waals surface area contributed by atoms with Gasteiger partial charge in [0.05, 0.1) is 19.9 Å². The molecule has 0 radical (unpaired) electrons. The highest BCUT2D eigenvalue weighted by Crippen LogP contribution is 2.18. The fraction of sp³-hybridized carbons (Fsp3) is 0.231. The molecular weight excluding hydrogens is 315 g/mol. The van der Waals surface area contributed by atoms with E-state index in [1.165, 1.54) is 36.2 Å². The number of nitrogens with zero attached hydrogens (tertiary/aromatic N) is 3. The van der Waals surface area contributed by atoms with Crippen LogP contribution in [0.2, 0.25) is 5.02 Å². The molecule has 0 saturated carbocycles. The Morgan fingerprint density at radius 1 is 1.45 bits per heavy atom. The molecule has 1 N–H and O–H groups in total. The van der Waals surface area contributed by atoms with Crippen LogP contribution in [0, 0.1) is 5.82 Å². The molecule has 0 saturated heterocycles. The SMILES string of the molecule is COC(=O)CNC(=O)c1cn(Cc2ccc(F)cc2Cl)nn1. The Bertz CT molecular complexity index is 704. The van der Waals surface area contributed by atoms with E-state index in [0.29, 0.717) is 5.56 Å². The first-order chi connectivity index (χ1) is 10.5. The van der Waals surface area contributed by atoms with Gasteiger partial charge in [0.15, 0.2) is 5.69 Å². The number of halogens is 2. The molecule has 0 atom stereocenters. The van der Waals surface area contributed by atoms with E-state index in [9.17, 15) is 14.0 Å². The Morgan fingerprint density at radius 2 is 2.23 bits per heavy atom. The number of carbonyl (C=O) groups is 2. The summed E-state index contributed by atoms with van der Waals surface area (Å²) in [5, 5.41) is 10.1. The van der Waals surface area contributed by atoms with Crippen LogP contribution >= 0.6 is 11.6 Å². The minimum atomic E-state index is -0.571. The van der Waals surface area contributed by atoms with Crippen molar-refractivity contribution in [3.8, 4) is 0 Å². The number of hydrogen-bond acceptors (Lipinski definition) is 5. The molecule has 1 aromatic heterocycles. The largest absolute Gasteiger partial charge is 0.468 e. The van der Waals surface area contributed by atoms with E-state index in [2.05, 4.69) is 20.4 Å². The number of rotatable bonds is 5. The number of hydrogen-bond donors (Lipinski definition) is 1. The highest BCUT2D eigenvalue weighted by Gasteiger charge is 2.13. The second-order valence-corrected chi connectivity index (χ2v) is 4.70. The van der Waals surface area contributed by atoms with Crippen molar-refractivity contribution in [2.24, 2.45) is 0 Å². The smallest absolute Gasteiger partial charge is 0.325 e. The van der Waals surface area contributed by atoms with Crippen molar-refractivity contribution in [1.82, 2.24) is 20.3 Å². The third-order valence-electron chi connectivity index (χ3n) is 2.74. The average Bonchev–Trinajstić information content (AvgIpc) is 2.96. The molecule has 1 amide bonds. The summed E-state index contributed by atoms with van der Waals surface area (Å²) in [7, 11) is 1.22. The van der Waals surface area contributed by atoms with Gasteiger partial charge in [-0.05, 0) is 17.7 Å². The number of benzene rings is 1. The van der Waals surface area contributed by atoms with E-state index in [-0.39, 0.29) is 23.8 Å². The summed E-state index contributed by atoms with van der Waals surface area (Å²) >= 11 is 5.92. The molecule has 9 heteroatoms. The number of methoxy groups -OCH3 is 1. The first-order valence-electron chi connectivity index (χ1n) is 6.18. The summed E-state index contributed by atoms with van der Waals surface area (Å²) in [4.78, 5) is 22.7. The normalized spacial score (nSPS) is 10.3. The van der Waals surface area contributed by atoms with E-state index in [4.69, 9.17) is 11.6 Å². The van der Waals surface area contributed by atoms with E-state index in [1.807, 2.05) is 0 Å². The van der Waals surface area contributed by atoms with Gasteiger partial charge in [0.2, 0.25) is 0 Å². The van der Waals surface area contributed by atoms with Gasteiger partial charge in [-0.1, -0.05) is 22.9 Å². The lowest BCUT2D eigenvalue weighted by atomic mass is 10.2. The molecule has 116 valence electrons. The number of carbonyl (C=O) groups excluding carboxylic acids is 2. The van der Waals surface area contributed by atoms with Gasteiger partial charge in [0.25, 0.3) is 5.91 Å². The van der Waals surface area contributed by atoms with Crippen LogP contribution in [0.1, 0.15) is 16.1 Å². The highest BCUT2D eigenvalue weighted by atomic mass is 35.5. The zero-order chi connectivity index (χ0) is 16.1. The molecule has 0 aliphatic rings. The maximum absolute atomic E-state index is 13.0. The molecule has 7 nitrogen and oxygen atoms in total. The third kappa shape index (κ3) is 4.01. The molecule has 0 unspecified atom stereocenters. The summed E-state index contributed by atoms with van der Waals surface area (Å²) in [6.07, 6.45) is 1.40. The first kappa shape index (κ1) is 15.9. The molecule has 0 spiro atoms. The molecule has 1 aromatic carbocycles. The molecule has 0 aliphatic carbocycles. The van der Waals surface area contributed by atoms with Crippen LogP contribution in [0.5, 0.6) is 0 Å². The highest BCUT2D eigenvalue weighted by molar-refractivity contribution is 6.31. The molecular formula is C13H12ClFN4O3. The Labute approximate surface area is 130 Å². The molecule has 22 heavy (non-hydrogen) atoms. The Morgan fingerprint density at radius 3 is 2.91 bits per heavy atom. The van der Waals surface area contributed by atoms with E-state index in [1.54, 1.807) is 0 Å². The zero-order valence-electron chi connectivity index (χ0n) is 11.5. The lowest BCUT2D eigenvalue weighted by Crippen LogP contribution is -2.30. The quantitative estimate of drug-likeness (QED) is 0.829. The second-order valence-electron chi connectivity index (χ2n) is 4.30. The lowest BCUT2D eigenvalue weighted by Gasteiger charge is -2.03. The fourth-order valence-electron chi connectivity index (χ4n) is 1.62. The Hall–Kier alpha value is -2.48. The van der Waals surface area contributed by atoms with Gasteiger partial charge < -0.3 is 10.1 Å². The van der Waals surface area contributed by atoms with Crippen LogP contribution in [0.4, 0.5) is 4.39 Å². The van der Waals surface area contributed by atoms with E-state index in [0.717, 1.165) is 0 Å². The molecule has 2 aromatic rings. The van der Waals surface area contributed by atoms with Crippen molar-refractivity contribution < 1.29 is 18.7 Å². The fourth-order valence-corrected chi connectivity index (χ4v) is 1.85. The second kappa shape index (κ2) is 6.99. The molecule has 0 aliphatic heterocycles. The van der Waals surface area contributed by atoms with Crippen molar-refractivity contribution in [3.63, 3.8) is 0 Å². The predicted octanol–water partition coefficient (Wildman–Crippen LogP) is 1.02. The van der Waals surface area contributed by atoms with Gasteiger partial charge in [-0.15, -0.1) is 5.10 Å². The van der Waals surface area contributed by atoms with Crippen LogP contribution < -0.4 is 5.32 Å². The Balaban J connectivity index is 2.02. The first-order valence-corrected chi connectivity index (χ1v) is 6.56. The molecule has 0 bridgehead atoms. The van der Waals surface area contributed by atoms with Crippen molar-refractivity contribution in [2.75, 3.05) is 13.7 Å². The van der Waals surface area contributed by atoms with Crippen molar-refractivity contribution in [2.45, 2.75) is 6.54 Å². The summed E-state index contributed by atoms with van der Waals surface area (Å²) in [5.41, 5.74) is 0.677. The number of nitrogens with one attached hydrogen (secondary N) is 1. The van der Waals surface area contributed by atoms with Crippen LogP contribution in [-0.2, 0) is 16.1 Å². The molecule has 2 rings (SSSR count). The summed E-state index contributed by atoms with van der Waals surface area (Å²) in [6.45, 7) is -0.0254. The van der Waals surface area contributed by atoms with Crippen molar-refractivity contribution in [1.29, 1.82) is 0 Å². The van der Waals surface area contributed by atoms with Gasteiger partial charge in [-0.25, -0.2) is 9.07 Å². The summed E-state index contributed by atoms with van der Waals surface area (Å²) in [5.74, 6) is -1.56. The number of aromatic nitrogens is 3. The van der Waals surface area contributed by atoms with Crippen LogP contribution in [0.3, 0.4) is 0 Å². The van der Waals surface area contributed by atoms with Crippen LogP contribution in [-0.4, -0.2) is 40.5 Å². The monoisotopic (exact) mass is 326 g/mol. The third-order valence-corrected chi connectivity index (χ3v) is 3.09. The van der Waals surface area contributed by atoms with Crippen LogP contribution in [0.15, 0.2) is 24.4 Å². The van der Waals surface area contributed by atoms with Gasteiger partial charge in [-0.3, -0.25) is 9.59 Å². The van der Waals surface area contributed by atoms with Gasteiger partial charge in [0, 0.05) is 5.02 Å². The van der Waals surface area contributed by atoms with Crippen molar-refractivity contribution in [3.05, 3.63) is 46.5 Å². The van der Waals surface area contributed by atoms with Crippen molar-refractivity contribution >= 4 is 23.5 Å². The summed E-state index contributed by atoms with van der Waals surface area (Å²) in [6, 6.07) is 4.00. The van der Waals surface area contributed by atoms with E-state index < -0.39 is 17.7 Å². The predicted molar refractivity (Wildman–Crippen MR) is 74.9 cm³/mol. The topological polar surface area (TPSA) is 86.1 Å². The average molecular weight is 327 g/mol. The number of esters is 1. The maximum atomic E-state index is 13.0. The van der Waals surface area contributed by atoms with E-state index >= 15 is 0 Å². The van der Waals surface area contributed by atoms with Gasteiger partial charge in [0.1, 0.15) is 12.4 Å². The minimum absolute atomic E-state index is 0.0436. The Kier molecular flexibility index (Phi) is 5.05. The van der Waals surface area contributed by atoms with Gasteiger partial charge >= 0.3 is 5.97 Å². The minimum Gasteiger partial charge on any atom is -0.468 e. The lowest BCUT2D eigenvalue weighted by molar-refractivity contribution is -0.139. The number of amides is 1. The van der Waals surface area contributed by atoms with Crippen LogP contribution in [0.25, 0.3) is 0 Å². The molecule has 0 fully saturated rings. The maximum Gasteiger partial charge on any atom is 0.325 e. The summed E-state index contributed by atoms with van der Waals surface area (Å²) < 4.78 is 18.8. The molecule has 1 heterocycles. The zero-order valence-corrected chi connectivity index (χ0v) is 12.3.